The zero-order valence-electron chi connectivity index (χ0n) is 9.90. The maximum atomic E-state index is 8.75. The Labute approximate surface area is 92.1 Å². The van der Waals surface area contributed by atoms with Crippen LogP contribution in [0.3, 0.4) is 0 Å². The molecule has 0 aromatic carbocycles. The summed E-state index contributed by atoms with van der Waals surface area (Å²) in [6, 6.07) is 2.57. The van der Waals surface area contributed by atoms with E-state index < -0.39 is 0 Å². The molecule has 0 aliphatic heterocycles. The highest BCUT2D eigenvalue weighted by atomic mass is 16.3. The van der Waals surface area contributed by atoms with Crippen LogP contribution in [0.1, 0.15) is 31.9 Å². The molecular weight excluding hydrogens is 188 g/mol. The van der Waals surface area contributed by atoms with E-state index in [0.29, 0.717) is 12.0 Å². The van der Waals surface area contributed by atoms with Crippen molar-refractivity contribution < 1.29 is 5.11 Å². The average molecular weight is 210 g/mol. The Bertz CT molecular complexity index is 281. The molecule has 3 heteroatoms. The molecule has 0 saturated carbocycles. The predicted molar refractivity (Wildman–Crippen MR) is 62.8 cm³/mol. The van der Waals surface area contributed by atoms with Gasteiger partial charge in [0.25, 0.3) is 0 Å². The summed E-state index contributed by atoms with van der Waals surface area (Å²) < 4.78 is 2.14. The largest absolute Gasteiger partial charge is 0.396 e. The minimum atomic E-state index is 0.257. The first-order chi connectivity index (χ1) is 7.19. The van der Waals surface area contributed by atoms with Gasteiger partial charge in [0.05, 0.1) is 0 Å². The predicted octanol–water partition coefficient (Wildman–Crippen LogP) is 1.79. The first-order valence-corrected chi connectivity index (χ1v) is 5.62. The Balaban J connectivity index is 2.65. The molecule has 15 heavy (non-hydrogen) atoms. The van der Waals surface area contributed by atoms with Crippen LogP contribution in [0.4, 0.5) is 0 Å². The van der Waals surface area contributed by atoms with E-state index in [1.54, 1.807) is 0 Å². The molecule has 0 aliphatic carbocycles. The van der Waals surface area contributed by atoms with Gasteiger partial charge in [-0.3, -0.25) is 0 Å². The fourth-order valence-corrected chi connectivity index (χ4v) is 1.92. The van der Waals surface area contributed by atoms with Crippen molar-refractivity contribution in [3.63, 3.8) is 0 Å². The number of rotatable bonds is 6. The Hall–Kier alpha value is -0.800. The van der Waals surface area contributed by atoms with Crippen molar-refractivity contribution in [1.82, 2.24) is 9.88 Å². The normalized spacial score (nSPS) is 13.4. The summed E-state index contributed by atoms with van der Waals surface area (Å²) in [5, 5.41) is 12.1. The van der Waals surface area contributed by atoms with Gasteiger partial charge in [-0.2, -0.15) is 0 Å². The summed E-state index contributed by atoms with van der Waals surface area (Å²) in [5.41, 5.74) is 1.32. The molecule has 0 spiro atoms. The topological polar surface area (TPSA) is 37.2 Å². The Morgan fingerprint density at radius 2 is 2.20 bits per heavy atom. The van der Waals surface area contributed by atoms with Crippen molar-refractivity contribution in [1.29, 1.82) is 0 Å². The van der Waals surface area contributed by atoms with E-state index in [1.165, 1.54) is 5.56 Å². The van der Waals surface area contributed by atoms with Crippen LogP contribution < -0.4 is 5.32 Å². The van der Waals surface area contributed by atoms with Crippen LogP contribution in [-0.4, -0.2) is 23.3 Å². The molecule has 0 amide bonds. The number of aryl methyl sites for hydroxylation is 1. The van der Waals surface area contributed by atoms with Gasteiger partial charge >= 0.3 is 0 Å². The van der Waals surface area contributed by atoms with Gasteiger partial charge in [-0.15, -0.1) is 0 Å². The second-order valence-electron chi connectivity index (χ2n) is 4.27. The third kappa shape index (κ3) is 3.36. The average Bonchev–Trinajstić information content (AvgIpc) is 2.64. The standard InChI is InChI=1S/C12H22N2O/c1-10(2)12(13-3)11-5-7-14(9-11)6-4-8-15/h5,7,9-10,12-13,15H,4,6,8H2,1-3H3. The number of aliphatic hydroxyl groups excluding tert-OH is 1. The van der Waals surface area contributed by atoms with Crippen LogP contribution >= 0.6 is 0 Å². The number of aliphatic hydroxyl groups is 1. The number of hydrogen-bond acceptors (Lipinski definition) is 2. The third-order valence-electron chi connectivity index (χ3n) is 2.68. The summed E-state index contributed by atoms with van der Waals surface area (Å²) in [4.78, 5) is 0. The van der Waals surface area contributed by atoms with Crippen LogP contribution in [0.25, 0.3) is 0 Å². The van der Waals surface area contributed by atoms with E-state index in [2.05, 4.69) is 42.2 Å². The molecule has 0 saturated heterocycles. The molecule has 0 fully saturated rings. The number of hydrogen-bond donors (Lipinski definition) is 2. The molecular formula is C12H22N2O. The summed E-state index contributed by atoms with van der Waals surface area (Å²) >= 11 is 0. The van der Waals surface area contributed by atoms with Gasteiger partial charge in [0.1, 0.15) is 0 Å². The highest BCUT2D eigenvalue weighted by Crippen LogP contribution is 2.21. The van der Waals surface area contributed by atoms with Gasteiger partial charge in [0, 0.05) is 31.6 Å². The van der Waals surface area contributed by atoms with Gasteiger partial charge in [0.15, 0.2) is 0 Å². The molecule has 1 aromatic heterocycles. The fraction of sp³-hybridized carbons (Fsp3) is 0.667. The fourth-order valence-electron chi connectivity index (χ4n) is 1.92. The Morgan fingerprint density at radius 3 is 2.73 bits per heavy atom. The highest BCUT2D eigenvalue weighted by molar-refractivity contribution is 5.16. The number of nitrogens with zero attached hydrogens (tertiary/aromatic N) is 1. The molecule has 1 unspecified atom stereocenters. The van der Waals surface area contributed by atoms with Crippen molar-refractivity contribution in [3.05, 3.63) is 24.0 Å². The lowest BCUT2D eigenvalue weighted by atomic mass is 9.99. The zero-order chi connectivity index (χ0) is 11.3. The molecule has 1 aromatic rings. The van der Waals surface area contributed by atoms with Gasteiger partial charge < -0.3 is 15.0 Å². The summed E-state index contributed by atoms with van der Waals surface area (Å²) in [7, 11) is 2.00. The third-order valence-corrected chi connectivity index (χ3v) is 2.68. The Kier molecular flexibility index (Phi) is 4.85. The molecule has 0 bridgehead atoms. The van der Waals surface area contributed by atoms with E-state index in [1.807, 2.05) is 7.05 Å². The van der Waals surface area contributed by atoms with Crippen LogP contribution in [0, 0.1) is 5.92 Å². The lowest BCUT2D eigenvalue weighted by molar-refractivity contribution is 0.280. The van der Waals surface area contributed by atoms with Gasteiger partial charge in [-0.25, -0.2) is 0 Å². The van der Waals surface area contributed by atoms with E-state index in [-0.39, 0.29) is 6.61 Å². The lowest BCUT2D eigenvalue weighted by Gasteiger charge is -2.18. The second kappa shape index (κ2) is 5.93. The van der Waals surface area contributed by atoms with Gasteiger partial charge in [-0.05, 0) is 31.0 Å². The van der Waals surface area contributed by atoms with Crippen LogP contribution in [-0.2, 0) is 6.54 Å². The quantitative estimate of drug-likeness (QED) is 0.751. The molecule has 1 atom stereocenters. The van der Waals surface area contributed by atoms with E-state index >= 15 is 0 Å². The lowest BCUT2D eigenvalue weighted by Crippen LogP contribution is -2.21. The molecule has 2 N–H and O–H groups in total. The maximum Gasteiger partial charge on any atom is 0.0448 e. The van der Waals surface area contributed by atoms with Crippen LogP contribution in [0.2, 0.25) is 0 Å². The molecule has 1 heterocycles. The van der Waals surface area contributed by atoms with Crippen LogP contribution in [0.5, 0.6) is 0 Å². The first kappa shape index (κ1) is 12.3. The van der Waals surface area contributed by atoms with Crippen molar-refractivity contribution in [2.24, 2.45) is 5.92 Å². The van der Waals surface area contributed by atoms with Gasteiger partial charge in [-0.1, -0.05) is 13.8 Å². The van der Waals surface area contributed by atoms with E-state index in [9.17, 15) is 0 Å². The number of nitrogens with one attached hydrogen (secondary N) is 1. The second-order valence-corrected chi connectivity index (χ2v) is 4.27. The molecule has 86 valence electrons. The zero-order valence-corrected chi connectivity index (χ0v) is 9.90. The molecule has 0 aliphatic rings. The van der Waals surface area contributed by atoms with Crippen molar-refractivity contribution in [2.45, 2.75) is 32.9 Å². The van der Waals surface area contributed by atoms with E-state index in [0.717, 1.165) is 13.0 Å². The summed E-state index contributed by atoms with van der Waals surface area (Å²) in [6.07, 6.45) is 5.06. The number of aromatic nitrogens is 1. The van der Waals surface area contributed by atoms with E-state index in [4.69, 9.17) is 5.11 Å². The maximum absolute atomic E-state index is 8.75. The molecule has 0 radical (unpaired) electrons. The minimum absolute atomic E-state index is 0.257. The molecule has 3 nitrogen and oxygen atoms in total. The van der Waals surface area contributed by atoms with Crippen molar-refractivity contribution in [2.75, 3.05) is 13.7 Å². The monoisotopic (exact) mass is 210 g/mol. The minimum Gasteiger partial charge on any atom is -0.396 e. The Morgan fingerprint density at radius 1 is 1.47 bits per heavy atom. The summed E-state index contributed by atoms with van der Waals surface area (Å²) in [5.74, 6) is 0.587. The van der Waals surface area contributed by atoms with Crippen molar-refractivity contribution in [3.8, 4) is 0 Å². The smallest absolute Gasteiger partial charge is 0.0448 e. The van der Waals surface area contributed by atoms with Crippen molar-refractivity contribution >= 4 is 0 Å². The highest BCUT2D eigenvalue weighted by Gasteiger charge is 2.13. The SMILES string of the molecule is CNC(c1ccn(CCCO)c1)C(C)C. The van der Waals surface area contributed by atoms with Gasteiger partial charge in [0.2, 0.25) is 0 Å². The van der Waals surface area contributed by atoms with Crippen LogP contribution in [0.15, 0.2) is 18.5 Å². The summed E-state index contributed by atoms with van der Waals surface area (Å²) in [6.45, 7) is 5.58. The molecule has 1 rings (SSSR count). The first-order valence-electron chi connectivity index (χ1n) is 5.62.